The Kier molecular flexibility index (Phi) is 9.22. The van der Waals surface area contributed by atoms with Gasteiger partial charge in [-0.2, -0.15) is 0 Å². The number of halogens is 1. The SMILES string of the molecule is COc1cccc(Cl)c1C(=O)PCC(C)CC(C)(C)C.[Li]. The molecule has 0 fully saturated rings. The van der Waals surface area contributed by atoms with Gasteiger partial charge in [0.2, 0.25) is 0 Å². The van der Waals surface area contributed by atoms with Crippen LogP contribution in [0.5, 0.6) is 5.75 Å². The van der Waals surface area contributed by atoms with Crippen molar-refractivity contribution in [3.63, 3.8) is 0 Å². The maximum absolute atomic E-state index is 12.4. The molecule has 0 heterocycles. The second-order valence-electron chi connectivity index (χ2n) is 6.40. The van der Waals surface area contributed by atoms with Crippen molar-refractivity contribution in [1.29, 1.82) is 0 Å². The molecular weight excluding hydrogens is 298 g/mol. The van der Waals surface area contributed by atoms with Crippen molar-refractivity contribution in [2.75, 3.05) is 13.3 Å². The molecule has 0 aliphatic heterocycles. The first-order valence-electron chi connectivity index (χ1n) is 6.85. The van der Waals surface area contributed by atoms with Crippen LogP contribution in [0.15, 0.2) is 18.2 Å². The second-order valence-corrected chi connectivity index (χ2v) is 8.02. The summed E-state index contributed by atoms with van der Waals surface area (Å²) in [7, 11) is 1.81. The van der Waals surface area contributed by atoms with E-state index in [1.54, 1.807) is 25.3 Å². The smallest absolute Gasteiger partial charge is 0.186 e. The standard InChI is InChI=1S/C16H24ClO2P.Li/c1-11(9-16(2,3)4)10-20-15(18)14-12(17)7-6-8-13(14)19-5;/h6-8,11,20H,9-10H2,1-5H3;. The van der Waals surface area contributed by atoms with E-state index in [1.807, 2.05) is 0 Å². The maximum atomic E-state index is 12.4. The largest absolute Gasteiger partial charge is 0.496 e. The summed E-state index contributed by atoms with van der Waals surface area (Å²) < 4.78 is 5.23. The Morgan fingerprint density at radius 2 is 2.00 bits per heavy atom. The number of hydrogen-bond acceptors (Lipinski definition) is 2. The van der Waals surface area contributed by atoms with E-state index < -0.39 is 0 Å². The van der Waals surface area contributed by atoms with Gasteiger partial charge in [-0.05, 0) is 44.6 Å². The van der Waals surface area contributed by atoms with Crippen LogP contribution in [-0.4, -0.2) is 37.7 Å². The van der Waals surface area contributed by atoms with Crippen LogP contribution >= 0.6 is 20.2 Å². The van der Waals surface area contributed by atoms with Crippen LogP contribution in [0.2, 0.25) is 5.02 Å². The zero-order chi connectivity index (χ0) is 15.3. The molecule has 1 rings (SSSR count). The fourth-order valence-corrected chi connectivity index (χ4v) is 3.81. The molecular formula is C16H24ClLiO2P. The van der Waals surface area contributed by atoms with Gasteiger partial charge in [0.1, 0.15) is 5.75 Å². The number of ether oxygens (including phenoxy) is 1. The Bertz CT molecular complexity index is 472. The van der Waals surface area contributed by atoms with Gasteiger partial charge in [-0.15, -0.1) is 0 Å². The summed E-state index contributed by atoms with van der Waals surface area (Å²) in [4.78, 5) is 12.4. The first kappa shape index (κ1) is 21.0. The summed E-state index contributed by atoms with van der Waals surface area (Å²) >= 11 is 6.13. The predicted molar refractivity (Wildman–Crippen MR) is 94.5 cm³/mol. The normalized spacial score (nSPS) is 13.0. The average molecular weight is 322 g/mol. The molecule has 0 spiro atoms. The summed E-state index contributed by atoms with van der Waals surface area (Å²) in [6, 6.07) is 5.31. The molecule has 2 atom stereocenters. The number of rotatable bonds is 6. The predicted octanol–water partition coefficient (Wildman–Crippen LogP) is 4.86. The van der Waals surface area contributed by atoms with Gasteiger partial charge in [0.25, 0.3) is 0 Å². The van der Waals surface area contributed by atoms with E-state index in [9.17, 15) is 4.79 Å². The van der Waals surface area contributed by atoms with Crippen molar-refractivity contribution in [3.8, 4) is 5.75 Å². The molecule has 2 unspecified atom stereocenters. The van der Waals surface area contributed by atoms with Crippen molar-refractivity contribution in [1.82, 2.24) is 0 Å². The molecule has 21 heavy (non-hydrogen) atoms. The Morgan fingerprint density at radius 3 is 2.52 bits per heavy atom. The number of carbonyl (C=O) groups excluding carboxylic acids is 1. The number of benzene rings is 1. The Labute approximate surface area is 147 Å². The van der Waals surface area contributed by atoms with Crippen molar-refractivity contribution in [2.24, 2.45) is 11.3 Å². The molecule has 1 aromatic carbocycles. The summed E-state index contributed by atoms with van der Waals surface area (Å²) in [5.74, 6) is 1.10. The monoisotopic (exact) mass is 321 g/mol. The Hall–Kier alpha value is 0.00740. The topological polar surface area (TPSA) is 26.3 Å². The molecule has 0 aliphatic carbocycles. The zero-order valence-corrected chi connectivity index (χ0v) is 15.7. The fraction of sp³-hybridized carbons (Fsp3) is 0.562. The molecule has 0 aromatic heterocycles. The van der Waals surface area contributed by atoms with Gasteiger partial charge in [-0.3, -0.25) is 4.79 Å². The molecule has 0 bridgehead atoms. The van der Waals surface area contributed by atoms with Crippen LogP contribution in [-0.2, 0) is 0 Å². The minimum atomic E-state index is 0. The molecule has 2 nitrogen and oxygen atoms in total. The quantitative estimate of drug-likeness (QED) is 0.552. The van der Waals surface area contributed by atoms with E-state index in [4.69, 9.17) is 16.3 Å². The first-order chi connectivity index (χ1) is 9.24. The molecule has 0 aliphatic rings. The third-order valence-corrected chi connectivity index (χ3v) is 4.78. The second kappa shape index (κ2) is 9.21. The van der Waals surface area contributed by atoms with Crippen molar-refractivity contribution < 1.29 is 9.53 Å². The van der Waals surface area contributed by atoms with Crippen LogP contribution in [0.3, 0.4) is 0 Å². The number of hydrogen-bond donors (Lipinski definition) is 0. The molecule has 1 aromatic rings. The van der Waals surface area contributed by atoms with Gasteiger partial charge in [0.15, 0.2) is 5.52 Å². The average Bonchev–Trinajstić information content (AvgIpc) is 2.33. The molecule has 0 N–H and O–H groups in total. The van der Waals surface area contributed by atoms with Gasteiger partial charge in [0, 0.05) is 18.9 Å². The van der Waals surface area contributed by atoms with E-state index in [1.165, 1.54) is 0 Å². The number of methoxy groups -OCH3 is 1. The maximum Gasteiger partial charge on any atom is 0.186 e. The number of carbonyl (C=O) groups is 1. The van der Waals surface area contributed by atoms with E-state index >= 15 is 0 Å². The van der Waals surface area contributed by atoms with Crippen molar-refractivity contribution in [2.45, 2.75) is 34.1 Å². The summed E-state index contributed by atoms with van der Waals surface area (Å²) in [6.45, 7) is 8.89. The van der Waals surface area contributed by atoms with E-state index in [2.05, 4.69) is 27.7 Å². The van der Waals surface area contributed by atoms with Gasteiger partial charge in [-0.25, -0.2) is 0 Å². The Morgan fingerprint density at radius 1 is 1.38 bits per heavy atom. The minimum Gasteiger partial charge on any atom is -0.496 e. The summed E-state index contributed by atoms with van der Waals surface area (Å²) in [5, 5.41) is 0.477. The van der Waals surface area contributed by atoms with Gasteiger partial charge in [0.05, 0.1) is 17.7 Å². The molecule has 0 saturated carbocycles. The van der Waals surface area contributed by atoms with Gasteiger partial charge in [-0.1, -0.05) is 45.4 Å². The van der Waals surface area contributed by atoms with Gasteiger partial charge < -0.3 is 4.74 Å². The Balaban J connectivity index is 0.00000400. The molecule has 0 amide bonds. The minimum absolute atomic E-state index is 0. The van der Waals surface area contributed by atoms with E-state index in [0.717, 1.165) is 12.6 Å². The molecule has 1 radical (unpaired) electrons. The van der Waals surface area contributed by atoms with Crippen LogP contribution in [0.1, 0.15) is 44.5 Å². The third-order valence-electron chi connectivity index (χ3n) is 2.99. The van der Waals surface area contributed by atoms with E-state index in [-0.39, 0.29) is 33.0 Å². The van der Waals surface area contributed by atoms with Crippen LogP contribution in [0.25, 0.3) is 0 Å². The fourth-order valence-electron chi connectivity index (χ4n) is 2.37. The summed E-state index contributed by atoms with van der Waals surface area (Å²) in [5.41, 5.74) is 0.917. The first-order valence-corrected chi connectivity index (χ1v) is 8.44. The van der Waals surface area contributed by atoms with Crippen LogP contribution in [0, 0.1) is 11.3 Å². The molecule has 113 valence electrons. The summed E-state index contributed by atoms with van der Waals surface area (Å²) in [6.07, 6.45) is 2.03. The molecule has 0 saturated heterocycles. The van der Waals surface area contributed by atoms with Gasteiger partial charge >= 0.3 is 0 Å². The van der Waals surface area contributed by atoms with Crippen LogP contribution < -0.4 is 4.74 Å². The third kappa shape index (κ3) is 7.21. The molecule has 5 heteroatoms. The van der Waals surface area contributed by atoms with Crippen molar-refractivity contribution in [3.05, 3.63) is 28.8 Å². The van der Waals surface area contributed by atoms with Crippen molar-refractivity contribution >= 4 is 44.6 Å². The zero-order valence-electron chi connectivity index (χ0n) is 13.9. The van der Waals surface area contributed by atoms with Crippen LogP contribution in [0.4, 0.5) is 0 Å². The van der Waals surface area contributed by atoms with E-state index in [0.29, 0.717) is 27.7 Å².